The average molecular weight is 283 g/mol. The van der Waals surface area contributed by atoms with Gasteiger partial charge in [-0.05, 0) is 24.3 Å². The van der Waals surface area contributed by atoms with Crippen LogP contribution in [0.1, 0.15) is 0 Å². The van der Waals surface area contributed by atoms with Crippen molar-refractivity contribution >= 4 is 32.8 Å². The molecule has 0 aliphatic carbocycles. The smallest absolute Gasteiger partial charge is 0.208 e. The third-order valence-corrected chi connectivity index (χ3v) is 4.62. The third kappa shape index (κ3) is 2.14. The van der Waals surface area contributed by atoms with Gasteiger partial charge in [-0.2, -0.15) is 0 Å². The van der Waals surface area contributed by atoms with Gasteiger partial charge in [0.25, 0.3) is 0 Å². The van der Waals surface area contributed by atoms with Gasteiger partial charge in [0.15, 0.2) is 0 Å². The van der Waals surface area contributed by atoms with E-state index < -0.39 is 9.84 Å². The van der Waals surface area contributed by atoms with Gasteiger partial charge in [0, 0.05) is 0 Å². The summed E-state index contributed by atoms with van der Waals surface area (Å²) in [7, 11) is -3.67. The quantitative estimate of drug-likeness (QED) is 0.828. The number of anilines is 2. The number of halogens is 1. The fraction of sp³-hybridized carbons (Fsp3) is 0. The molecule has 4 N–H and O–H groups in total. The Bertz CT molecular complexity index is 685. The van der Waals surface area contributed by atoms with E-state index in [0.29, 0.717) is 0 Å². The summed E-state index contributed by atoms with van der Waals surface area (Å²) in [4.78, 5) is 0.133. The van der Waals surface area contributed by atoms with Crippen molar-refractivity contribution in [1.29, 1.82) is 0 Å². The lowest BCUT2D eigenvalue weighted by Gasteiger charge is -2.09. The fourth-order valence-electron chi connectivity index (χ4n) is 1.54. The van der Waals surface area contributed by atoms with Crippen molar-refractivity contribution in [2.45, 2.75) is 9.79 Å². The van der Waals surface area contributed by atoms with Crippen molar-refractivity contribution in [2.75, 3.05) is 11.5 Å². The Morgan fingerprint density at radius 1 is 0.944 bits per heavy atom. The molecule has 94 valence electrons. The first kappa shape index (κ1) is 12.7. The number of rotatable bonds is 2. The predicted octanol–water partition coefficient (Wildman–Crippen LogP) is 2.34. The van der Waals surface area contributed by atoms with E-state index in [9.17, 15) is 8.42 Å². The van der Waals surface area contributed by atoms with Gasteiger partial charge in [0.05, 0.1) is 26.2 Å². The Balaban J connectivity index is 2.66. The lowest BCUT2D eigenvalue weighted by atomic mass is 10.3. The van der Waals surface area contributed by atoms with E-state index in [-0.39, 0.29) is 26.2 Å². The minimum Gasteiger partial charge on any atom is -0.398 e. The molecule has 4 nitrogen and oxygen atoms in total. The summed E-state index contributed by atoms with van der Waals surface area (Å²) in [5.41, 5.74) is 11.6. The second-order valence-corrected chi connectivity index (χ2v) is 6.05. The lowest BCUT2D eigenvalue weighted by molar-refractivity contribution is 0.596. The third-order valence-electron chi connectivity index (χ3n) is 2.47. The Labute approximate surface area is 110 Å². The highest BCUT2D eigenvalue weighted by molar-refractivity contribution is 7.91. The van der Waals surface area contributed by atoms with E-state index in [1.807, 2.05) is 0 Å². The summed E-state index contributed by atoms with van der Waals surface area (Å²) >= 11 is 5.78. The number of hydrogen-bond donors (Lipinski definition) is 2. The van der Waals surface area contributed by atoms with E-state index in [1.165, 1.54) is 24.3 Å². The van der Waals surface area contributed by atoms with Crippen LogP contribution in [0.4, 0.5) is 11.4 Å². The number of nitrogen functional groups attached to an aromatic ring is 2. The molecule has 6 heteroatoms. The summed E-state index contributed by atoms with van der Waals surface area (Å²) in [5, 5.41) is 0.236. The average Bonchev–Trinajstić information content (AvgIpc) is 2.34. The predicted molar refractivity (Wildman–Crippen MR) is 72.2 cm³/mol. The zero-order valence-electron chi connectivity index (χ0n) is 9.30. The van der Waals surface area contributed by atoms with Crippen molar-refractivity contribution in [3.63, 3.8) is 0 Å². The Morgan fingerprint density at radius 2 is 1.56 bits per heavy atom. The Kier molecular flexibility index (Phi) is 3.19. The van der Waals surface area contributed by atoms with Crippen LogP contribution < -0.4 is 11.5 Å². The molecule has 0 fully saturated rings. The van der Waals surface area contributed by atoms with Gasteiger partial charge in [-0.15, -0.1) is 0 Å². The highest BCUT2D eigenvalue weighted by Crippen LogP contribution is 2.31. The number of hydrogen-bond acceptors (Lipinski definition) is 4. The standard InChI is InChI=1S/C12H11ClN2O2S/c13-9-6-11(15)12(7-10(9)14)18(16,17)8-4-2-1-3-5-8/h1-7H,14-15H2. The number of sulfone groups is 1. The second-order valence-electron chi connectivity index (χ2n) is 3.73. The van der Waals surface area contributed by atoms with Crippen LogP contribution in [-0.4, -0.2) is 8.42 Å². The van der Waals surface area contributed by atoms with Crippen molar-refractivity contribution in [3.05, 3.63) is 47.5 Å². The van der Waals surface area contributed by atoms with Crippen LogP contribution in [0.3, 0.4) is 0 Å². The number of nitrogens with two attached hydrogens (primary N) is 2. The van der Waals surface area contributed by atoms with E-state index in [0.717, 1.165) is 0 Å². The molecule has 0 bridgehead atoms. The van der Waals surface area contributed by atoms with Crippen LogP contribution in [0.5, 0.6) is 0 Å². The van der Waals surface area contributed by atoms with Crippen molar-refractivity contribution in [3.8, 4) is 0 Å². The first-order chi connectivity index (χ1) is 8.43. The van der Waals surface area contributed by atoms with E-state index in [2.05, 4.69) is 0 Å². The highest BCUT2D eigenvalue weighted by atomic mass is 35.5. The van der Waals surface area contributed by atoms with Crippen LogP contribution in [0.2, 0.25) is 5.02 Å². The van der Waals surface area contributed by atoms with Crippen molar-refractivity contribution in [2.24, 2.45) is 0 Å². The topological polar surface area (TPSA) is 86.2 Å². The van der Waals surface area contributed by atoms with Gasteiger partial charge < -0.3 is 11.5 Å². The molecule has 0 saturated carbocycles. The molecule has 0 heterocycles. The summed E-state index contributed by atoms with van der Waals surface area (Å²) in [6.45, 7) is 0. The minimum absolute atomic E-state index is 0.0319. The van der Waals surface area contributed by atoms with Crippen LogP contribution in [0.15, 0.2) is 52.3 Å². The highest BCUT2D eigenvalue weighted by Gasteiger charge is 2.21. The maximum atomic E-state index is 12.3. The largest absolute Gasteiger partial charge is 0.398 e. The molecule has 0 atom stereocenters. The van der Waals surface area contributed by atoms with E-state index in [4.69, 9.17) is 23.1 Å². The van der Waals surface area contributed by atoms with Crippen LogP contribution >= 0.6 is 11.6 Å². The second kappa shape index (κ2) is 4.51. The molecule has 0 saturated heterocycles. The summed E-state index contributed by atoms with van der Waals surface area (Å²) in [5.74, 6) is 0. The Morgan fingerprint density at radius 3 is 2.17 bits per heavy atom. The minimum atomic E-state index is -3.67. The normalized spacial score (nSPS) is 11.4. The molecule has 0 unspecified atom stereocenters. The van der Waals surface area contributed by atoms with Gasteiger partial charge in [-0.25, -0.2) is 8.42 Å². The molecular formula is C12H11ClN2O2S. The Hall–Kier alpha value is -1.72. The fourth-order valence-corrected chi connectivity index (χ4v) is 3.14. The molecule has 18 heavy (non-hydrogen) atoms. The summed E-state index contributed by atoms with van der Waals surface area (Å²) in [6.07, 6.45) is 0. The molecule has 0 radical (unpaired) electrons. The molecule has 0 aromatic heterocycles. The van der Waals surface area contributed by atoms with E-state index in [1.54, 1.807) is 18.2 Å². The first-order valence-electron chi connectivity index (χ1n) is 5.07. The summed E-state index contributed by atoms with van der Waals surface area (Å²) < 4.78 is 24.7. The van der Waals surface area contributed by atoms with Gasteiger partial charge in [0.2, 0.25) is 9.84 Å². The van der Waals surface area contributed by atoms with Gasteiger partial charge in [0.1, 0.15) is 0 Å². The molecule has 2 aromatic carbocycles. The lowest BCUT2D eigenvalue weighted by Crippen LogP contribution is -2.06. The maximum Gasteiger partial charge on any atom is 0.208 e. The zero-order chi connectivity index (χ0) is 13.3. The van der Waals surface area contributed by atoms with Crippen molar-refractivity contribution in [1.82, 2.24) is 0 Å². The monoisotopic (exact) mass is 282 g/mol. The number of benzene rings is 2. The molecule has 0 amide bonds. The molecule has 2 aromatic rings. The van der Waals surface area contributed by atoms with Gasteiger partial charge in [-0.1, -0.05) is 29.8 Å². The maximum absolute atomic E-state index is 12.3. The first-order valence-corrected chi connectivity index (χ1v) is 6.93. The molecule has 0 aliphatic rings. The van der Waals surface area contributed by atoms with Gasteiger partial charge in [-0.3, -0.25) is 0 Å². The molecule has 0 spiro atoms. The van der Waals surface area contributed by atoms with Crippen molar-refractivity contribution < 1.29 is 8.42 Å². The SMILES string of the molecule is Nc1cc(S(=O)(=O)c2ccccc2)c(N)cc1Cl. The van der Waals surface area contributed by atoms with Crippen LogP contribution in [0, 0.1) is 0 Å². The van der Waals surface area contributed by atoms with E-state index >= 15 is 0 Å². The van der Waals surface area contributed by atoms with Gasteiger partial charge >= 0.3 is 0 Å². The molecule has 0 aliphatic heterocycles. The summed E-state index contributed by atoms with van der Waals surface area (Å²) in [6, 6.07) is 10.6. The molecule has 2 rings (SSSR count). The van der Waals surface area contributed by atoms with Crippen LogP contribution in [-0.2, 0) is 9.84 Å². The zero-order valence-corrected chi connectivity index (χ0v) is 10.9. The molecular weight excluding hydrogens is 272 g/mol. The van der Waals surface area contributed by atoms with Crippen LogP contribution in [0.25, 0.3) is 0 Å².